The van der Waals surface area contributed by atoms with E-state index in [1.807, 2.05) is 30.3 Å². The van der Waals surface area contributed by atoms with E-state index in [0.717, 1.165) is 5.56 Å². The number of alkyl halides is 3. The van der Waals surface area contributed by atoms with Gasteiger partial charge in [-0.15, -0.1) is 0 Å². The Morgan fingerprint density at radius 3 is 2.50 bits per heavy atom. The van der Waals surface area contributed by atoms with E-state index in [4.69, 9.17) is 4.74 Å². The van der Waals surface area contributed by atoms with E-state index in [2.05, 4.69) is 5.32 Å². The fourth-order valence-electron chi connectivity index (χ4n) is 1.52. The quantitative estimate of drug-likeness (QED) is 0.774. The summed E-state index contributed by atoms with van der Waals surface area (Å²) in [6.07, 6.45) is 0. The van der Waals surface area contributed by atoms with Gasteiger partial charge in [0.1, 0.15) is 0 Å². The van der Waals surface area contributed by atoms with Gasteiger partial charge in [0.2, 0.25) is 0 Å². The van der Waals surface area contributed by atoms with Crippen LogP contribution in [-0.2, 0) is 4.74 Å². The lowest BCUT2D eigenvalue weighted by Crippen LogP contribution is -2.27. The predicted molar refractivity (Wildman–Crippen MR) is 67.6 cm³/mol. The van der Waals surface area contributed by atoms with Crippen LogP contribution >= 0.6 is 11.8 Å². The molecule has 2 nitrogen and oxygen atoms in total. The second-order valence-electron chi connectivity index (χ2n) is 3.67. The Balaban J connectivity index is 2.40. The number of benzene rings is 1. The van der Waals surface area contributed by atoms with Gasteiger partial charge in [-0.05, 0) is 17.3 Å². The van der Waals surface area contributed by atoms with Gasteiger partial charge in [0.25, 0.3) is 0 Å². The average Bonchev–Trinajstić information content (AvgIpc) is 2.33. The topological polar surface area (TPSA) is 21.3 Å². The van der Waals surface area contributed by atoms with Crippen molar-refractivity contribution in [3.8, 4) is 0 Å². The number of hydrogen-bond donors (Lipinski definition) is 1. The summed E-state index contributed by atoms with van der Waals surface area (Å²) in [6.45, 7) is 0.716. The largest absolute Gasteiger partial charge is 0.441 e. The lowest BCUT2D eigenvalue weighted by molar-refractivity contribution is -0.0327. The number of halogens is 3. The molecule has 1 rings (SSSR count). The first-order valence-electron chi connectivity index (χ1n) is 5.51. The van der Waals surface area contributed by atoms with Gasteiger partial charge in [-0.2, -0.15) is 13.2 Å². The zero-order chi connectivity index (χ0) is 13.4. The molecule has 1 unspecified atom stereocenters. The second kappa shape index (κ2) is 7.66. The molecule has 0 spiro atoms. The minimum absolute atomic E-state index is 0.00342. The van der Waals surface area contributed by atoms with Crippen LogP contribution in [-0.4, -0.2) is 31.5 Å². The minimum atomic E-state index is -4.16. The molecule has 1 N–H and O–H groups in total. The van der Waals surface area contributed by atoms with E-state index in [1.165, 1.54) is 0 Å². The van der Waals surface area contributed by atoms with Crippen molar-refractivity contribution in [3.63, 3.8) is 0 Å². The van der Waals surface area contributed by atoms with Crippen molar-refractivity contribution in [1.82, 2.24) is 5.32 Å². The first-order chi connectivity index (χ1) is 8.53. The van der Waals surface area contributed by atoms with Gasteiger partial charge in [0, 0.05) is 19.4 Å². The molecule has 6 heteroatoms. The van der Waals surface area contributed by atoms with Crippen molar-refractivity contribution >= 4 is 11.8 Å². The van der Waals surface area contributed by atoms with Crippen molar-refractivity contribution in [3.05, 3.63) is 35.9 Å². The molecule has 102 valence electrons. The van der Waals surface area contributed by atoms with Crippen molar-refractivity contribution in [2.75, 3.05) is 26.0 Å². The molecule has 0 radical (unpaired) electrons. The molecule has 0 aromatic heterocycles. The Hall–Kier alpha value is -0.720. The van der Waals surface area contributed by atoms with E-state index in [9.17, 15) is 13.2 Å². The van der Waals surface area contributed by atoms with Crippen LogP contribution in [0.4, 0.5) is 13.2 Å². The van der Waals surface area contributed by atoms with E-state index in [-0.39, 0.29) is 30.1 Å². The smallest absolute Gasteiger partial charge is 0.383 e. The number of methoxy groups -OCH3 is 1. The second-order valence-corrected chi connectivity index (χ2v) is 4.83. The monoisotopic (exact) mass is 279 g/mol. The molecule has 1 aromatic carbocycles. The van der Waals surface area contributed by atoms with Crippen LogP contribution in [0.2, 0.25) is 0 Å². The van der Waals surface area contributed by atoms with Crippen molar-refractivity contribution in [2.24, 2.45) is 0 Å². The summed E-state index contributed by atoms with van der Waals surface area (Å²) in [5, 5.41) is 3.06. The summed E-state index contributed by atoms with van der Waals surface area (Å²) < 4.78 is 40.9. The van der Waals surface area contributed by atoms with Crippen molar-refractivity contribution in [1.29, 1.82) is 0 Å². The van der Waals surface area contributed by atoms with Gasteiger partial charge in [-0.25, -0.2) is 0 Å². The van der Waals surface area contributed by atoms with E-state index in [1.54, 1.807) is 7.11 Å². The summed E-state index contributed by atoms with van der Waals surface area (Å²) in [7, 11) is 1.57. The lowest BCUT2D eigenvalue weighted by atomic mass is 10.1. The van der Waals surface area contributed by atoms with E-state index >= 15 is 0 Å². The number of ether oxygens (including phenoxy) is 1. The highest BCUT2D eigenvalue weighted by Crippen LogP contribution is 2.29. The summed E-state index contributed by atoms with van der Waals surface area (Å²) >= 11 is -0.0145. The molecule has 0 bridgehead atoms. The van der Waals surface area contributed by atoms with Crippen LogP contribution < -0.4 is 5.32 Å². The Bertz CT molecular complexity index is 332. The van der Waals surface area contributed by atoms with Crippen LogP contribution in [0.5, 0.6) is 0 Å². The Morgan fingerprint density at radius 2 is 1.94 bits per heavy atom. The number of hydrogen-bond acceptors (Lipinski definition) is 3. The highest BCUT2D eigenvalue weighted by molar-refractivity contribution is 8.00. The van der Waals surface area contributed by atoms with Crippen molar-refractivity contribution in [2.45, 2.75) is 11.6 Å². The van der Waals surface area contributed by atoms with Gasteiger partial charge in [-0.3, -0.25) is 0 Å². The van der Waals surface area contributed by atoms with Gasteiger partial charge >= 0.3 is 5.51 Å². The highest BCUT2D eigenvalue weighted by atomic mass is 32.2. The molecule has 0 saturated carbocycles. The SMILES string of the molecule is COCC(NCCSC(F)(F)F)c1ccccc1. The zero-order valence-electron chi connectivity index (χ0n) is 10.0. The zero-order valence-corrected chi connectivity index (χ0v) is 10.9. The first-order valence-corrected chi connectivity index (χ1v) is 6.49. The predicted octanol–water partition coefficient (Wildman–Crippen LogP) is 3.22. The highest BCUT2D eigenvalue weighted by Gasteiger charge is 2.27. The Labute approximate surface area is 109 Å². The normalized spacial score (nSPS) is 13.6. The summed E-state index contributed by atoms with van der Waals surface area (Å²) in [4.78, 5) is 0. The number of thioether (sulfide) groups is 1. The minimum Gasteiger partial charge on any atom is -0.383 e. The molecule has 0 aliphatic heterocycles. The molecule has 0 amide bonds. The standard InChI is InChI=1S/C12H16F3NOS/c1-17-9-11(10-5-3-2-4-6-10)16-7-8-18-12(13,14)15/h2-6,11,16H,7-9H2,1H3. The summed E-state index contributed by atoms with van der Waals surface area (Å²) in [5.41, 5.74) is -3.15. The van der Waals surface area contributed by atoms with E-state index in [0.29, 0.717) is 6.61 Å². The maximum absolute atomic E-state index is 12.0. The van der Waals surface area contributed by atoms with Crippen LogP contribution in [0, 0.1) is 0 Å². The fraction of sp³-hybridized carbons (Fsp3) is 0.500. The van der Waals surface area contributed by atoms with Crippen LogP contribution in [0.3, 0.4) is 0 Å². The molecule has 0 aliphatic rings. The molecular formula is C12H16F3NOS. The summed E-state index contributed by atoms with van der Waals surface area (Å²) in [6, 6.07) is 9.45. The van der Waals surface area contributed by atoms with Crippen LogP contribution in [0.25, 0.3) is 0 Å². The molecule has 1 aromatic rings. The molecule has 0 aliphatic carbocycles. The first kappa shape index (κ1) is 15.3. The maximum atomic E-state index is 12.0. The molecule has 0 fully saturated rings. The molecule has 0 saturated heterocycles. The molecule has 0 heterocycles. The van der Waals surface area contributed by atoms with Gasteiger partial charge in [0.15, 0.2) is 0 Å². The third kappa shape index (κ3) is 6.28. The third-order valence-corrected chi connectivity index (χ3v) is 3.03. The average molecular weight is 279 g/mol. The fourth-order valence-corrected chi connectivity index (χ4v) is 1.98. The van der Waals surface area contributed by atoms with Crippen LogP contribution in [0.1, 0.15) is 11.6 Å². The van der Waals surface area contributed by atoms with Gasteiger partial charge in [0.05, 0.1) is 12.6 Å². The third-order valence-electron chi connectivity index (χ3n) is 2.29. The van der Waals surface area contributed by atoms with Gasteiger partial charge in [-0.1, -0.05) is 30.3 Å². The Kier molecular flexibility index (Phi) is 6.52. The summed E-state index contributed by atoms with van der Waals surface area (Å²) in [5.74, 6) is -0.00342. The molecule has 18 heavy (non-hydrogen) atoms. The Morgan fingerprint density at radius 1 is 1.28 bits per heavy atom. The van der Waals surface area contributed by atoms with Gasteiger partial charge < -0.3 is 10.1 Å². The van der Waals surface area contributed by atoms with Crippen LogP contribution in [0.15, 0.2) is 30.3 Å². The van der Waals surface area contributed by atoms with E-state index < -0.39 is 5.51 Å². The number of nitrogens with one attached hydrogen (secondary N) is 1. The lowest BCUT2D eigenvalue weighted by Gasteiger charge is -2.18. The molecule has 1 atom stereocenters. The maximum Gasteiger partial charge on any atom is 0.441 e. The molecular weight excluding hydrogens is 263 g/mol. The number of rotatable bonds is 7. The van der Waals surface area contributed by atoms with Crippen molar-refractivity contribution < 1.29 is 17.9 Å².